The van der Waals surface area contributed by atoms with Crippen LogP contribution in [0.1, 0.15) is 43.6 Å². The number of hydrogen-bond acceptors (Lipinski definition) is 2. The van der Waals surface area contributed by atoms with Crippen LogP contribution in [0.3, 0.4) is 0 Å². The Morgan fingerprint density at radius 1 is 1.00 bits per heavy atom. The molecule has 2 nitrogen and oxygen atoms in total. The van der Waals surface area contributed by atoms with Crippen molar-refractivity contribution >= 4 is 0 Å². The molecule has 0 aliphatic heterocycles. The van der Waals surface area contributed by atoms with Crippen molar-refractivity contribution in [3.8, 4) is 0 Å². The van der Waals surface area contributed by atoms with Gasteiger partial charge in [0.15, 0.2) is 0 Å². The largest absolute Gasteiger partial charge is 0.380 e. The van der Waals surface area contributed by atoms with Crippen molar-refractivity contribution in [2.24, 2.45) is 0 Å². The third-order valence-corrected chi connectivity index (χ3v) is 1.36. The normalized spacial score (nSPS) is 7.38. The minimum atomic E-state index is 0. The molecule has 0 saturated heterocycles. The lowest BCUT2D eigenvalue weighted by Gasteiger charge is -2.12. The highest BCUT2D eigenvalue weighted by Gasteiger charge is 1.90. The number of rotatable bonds is 5. The van der Waals surface area contributed by atoms with E-state index < -0.39 is 0 Å². The van der Waals surface area contributed by atoms with Crippen molar-refractivity contribution in [2.45, 2.75) is 43.6 Å². The van der Waals surface area contributed by atoms with E-state index >= 15 is 0 Å². The Bertz CT molecular complexity index is 58.1. The Labute approximate surface area is 87.3 Å². The van der Waals surface area contributed by atoms with Crippen LogP contribution in [0, 0.1) is 0 Å². The minimum Gasteiger partial charge on any atom is -0.380 e. The lowest BCUT2D eigenvalue weighted by atomic mass is 10.5. The molecule has 0 aliphatic carbocycles. The van der Waals surface area contributed by atoms with Crippen molar-refractivity contribution in [2.75, 3.05) is 33.4 Å². The average Bonchev–Trinajstić information content (AvgIpc) is 1.89. The predicted octanol–water partition coefficient (Wildman–Crippen LogP) is 3.52. The molecule has 88 valence electrons. The second-order valence-electron chi connectivity index (χ2n) is 2.09. The second-order valence-corrected chi connectivity index (χ2v) is 2.09. The van der Waals surface area contributed by atoms with Gasteiger partial charge >= 0.3 is 0 Å². The summed E-state index contributed by atoms with van der Waals surface area (Å²) >= 11 is 0. The Kier molecular flexibility index (Phi) is 51.0. The Balaban J connectivity index is -0.0000000533. The zero-order valence-electron chi connectivity index (χ0n) is 6.68. The maximum Gasteiger partial charge on any atom is 0.0593 e. The van der Waals surface area contributed by atoms with Crippen LogP contribution < -0.4 is 0 Å². The first kappa shape index (κ1) is 29.3. The van der Waals surface area contributed by atoms with E-state index in [1.807, 2.05) is 6.92 Å². The summed E-state index contributed by atoms with van der Waals surface area (Å²) in [4.78, 5) is 2.23. The van der Waals surface area contributed by atoms with Crippen LogP contribution >= 0.6 is 0 Å². The molecule has 0 aromatic rings. The summed E-state index contributed by atoms with van der Waals surface area (Å²) in [6, 6.07) is 0. The van der Waals surface area contributed by atoms with Gasteiger partial charge < -0.3 is 9.64 Å². The van der Waals surface area contributed by atoms with E-state index in [-0.39, 0.29) is 29.7 Å². The minimum absolute atomic E-state index is 0. The van der Waals surface area contributed by atoms with Crippen LogP contribution in [0.25, 0.3) is 0 Å². The molecule has 0 rings (SSSR count). The molecule has 0 saturated carbocycles. The van der Waals surface area contributed by atoms with Gasteiger partial charge in [-0.05, 0) is 20.5 Å². The summed E-state index contributed by atoms with van der Waals surface area (Å²) in [6.07, 6.45) is 0. The molecule has 0 heterocycles. The van der Waals surface area contributed by atoms with Gasteiger partial charge in [0.2, 0.25) is 0 Å². The zero-order valence-corrected chi connectivity index (χ0v) is 6.68. The summed E-state index contributed by atoms with van der Waals surface area (Å²) in [5.74, 6) is 0. The van der Waals surface area contributed by atoms with Gasteiger partial charge in [-0.3, -0.25) is 0 Å². The van der Waals surface area contributed by atoms with Crippen molar-refractivity contribution in [3.05, 3.63) is 0 Å². The molecule has 0 aromatic carbocycles. The molecule has 0 amide bonds. The van der Waals surface area contributed by atoms with Gasteiger partial charge in [0.1, 0.15) is 0 Å². The maximum atomic E-state index is 5.16. The first-order chi connectivity index (χ1) is 4.31. The highest BCUT2D eigenvalue weighted by molar-refractivity contribution is 4.43. The van der Waals surface area contributed by atoms with E-state index in [0.29, 0.717) is 0 Å². The fraction of sp³-hybridized carbons (Fsp3) is 1.00. The van der Waals surface area contributed by atoms with Gasteiger partial charge in [-0.15, -0.1) is 0 Å². The van der Waals surface area contributed by atoms with E-state index in [9.17, 15) is 0 Å². The molecular formula is C11H33NO. The smallest absolute Gasteiger partial charge is 0.0593 e. The zero-order chi connectivity index (χ0) is 7.11. The first-order valence-electron chi connectivity index (χ1n) is 3.57. The monoisotopic (exact) mass is 195 g/mol. The Morgan fingerprint density at radius 2 is 1.46 bits per heavy atom. The Hall–Kier alpha value is -0.0800. The molecule has 0 aromatic heterocycles. The molecule has 2 heteroatoms. The number of ether oxygens (including phenoxy) is 1. The first-order valence-corrected chi connectivity index (χ1v) is 3.57. The molecule has 0 atom stereocenters. The van der Waals surface area contributed by atoms with E-state index in [4.69, 9.17) is 4.74 Å². The third kappa shape index (κ3) is 24.5. The molecule has 0 radical (unpaired) electrons. The fourth-order valence-corrected chi connectivity index (χ4v) is 0.523. The third-order valence-electron chi connectivity index (χ3n) is 1.36. The number of likely N-dealkylation sites (N-methyl/N-ethyl adjacent to an activating group) is 1. The number of nitrogens with zero attached hydrogens (tertiary/aromatic N) is 1. The maximum absolute atomic E-state index is 5.16. The quantitative estimate of drug-likeness (QED) is 0.622. The van der Waals surface area contributed by atoms with E-state index in [1.54, 1.807) is 0 Å². The topological polar surface area (TPSA) is 12.5 Å². The Morgan fingerprint density at radius 3 is 1.77 bits per heavy atom. The van der Waals surface area contributed by atoms with E-state index in [2.05, 4.69) is 18.9 Å². The van der Waals surface area contributed by atoms with Gasteiger partial charge in [0.25, 0.3) is 0 Å². The molecule has 0 aliphatic rings. The summed E-state index contributed by atoms with van der Waals surface area (Å²) in [5, 5.41) is 0. The lowest BCUT2D eigenvalue weighted by molar-refractivity contribution is 0.124. The second kappa shape index (κ2) is 22.7. The summed E-state index contributed by atoms with van der Waals surface area (Å²) in [6.45, 7) is 8.01. The van der Waals surface area contributed by atoms with Crippen LogP contribution in [0.5, 0.6) is 0 Å². The van der Waals surface area contributed by atoms with Crippen LogP contribution in [0.2, 0.25) is 0 Å². The molecule has 0 bridgehead atoms. The van der Waals surface area contributed by atoms with Gasteiger partial charge in [0.05, 0.1) is 6.61 Å². The van der Waals surface area contributed by atoms with Crippen molar-refractivity contribution in [3.63, 3.8) is 0 Å². The molecule has 0 spiro atoms. The van der Waals surface area contributed by atoms with Crippen LogP contribution in [0.4, 0.5) is 0 Å². The molecule has 0 N–H and O–H groups in total. The van der Waals surface area contributed by atoms with Crippen molar-refractivity contribution in [1.82, 2.24) is 4.90 Å². The van der Waals surface area contributed by atoms with Gasteiger partial charge in [0, 0.05) is 13.2 Å². The summed E-state index contributed by atoms with van der Waals surface area (Å²) < 4.78 is 5.16. The van der Waals surface area contributed by atoms with E-state index in [1.165, 1.54) is 0 Å². The average molecular weight is 195 g/mol. The van der Waals surface area contributed by atoms with Crippen LogP contribution in [-0.4, -0.2) is 38.3 Å². The summed E-state index contributed by atoms with van der Waals surface area (Å²) in [5.41, 5.74) is 0. The van der Waals surface area contributed by atoms with E-state index in [0.717, 1.165) is 26.3 Å². The number of hydrogen-bond donors (Lipinski definition) is 0. The van der Waals surface area contributed by atoms with Crippen molar-refractivity contribution < 1.29 is 4.74 Å². The summed E-state index contributed by atoms with van der Waals surface area (Å²) in [7, 11) is 2.10. The van der Waals surface area contributed by atoms with Crippen molar-refractivity contribution in [1.29, 1.82) is 0 Å². The molecular weight excluding hydrogens is 162 g/mol. The van der Waals surface area contributed by atoms with Crippen LogP contribution in [-0.2, 0) is 4.74 Å². The highest BCUT2D eigenvalue weighted by atomic mass is 16.5. The fourth-order valence-electron chi connectivity index (χ4n) is 0.523. The van der Waals surface area contributed by atoms with Gasteiger partial charge in [-0.25, -0.2) is 0 Å². The molecule has 13 heavy (non-hydrogen) atoms. The standard InChI is InChI=1S/C7H17NO.4CH4/c1-4-8(3)6-7-9-5-2;;;;/h4-7H2,1-3H3;4*1H4. The molecule has 0 fully saturated rings. The van der Waals surface area contributed by atoms with Gasteiger partial charge in [-0.2, -0.15) is 0 Å². The predicted molar refractivity (Wildman–Crippen MR) is 66.6 cm³/mol. The lowest BCUT2D eigenvalue weighted by Crippen LogP contribution is -2.22. The SMILES string of the molecule is C.C.C.C.CCOCCN(C)CC. The highest BCUT2D eigenvalue weighted by Crippen LogP contribution is 1.80. The van der Waals surface area contributed by atoms with Crippen LogP contribution in [0.15, 0.2) is 0 Å². The van der Waals surface area contributed by atoms with Gasteiger partial charge in [-0.1, -0.05) is 36.6 Å². The molecule has 0 unspecified atom stereocenters.